The molecule has 1 unspecified atom stereocenters. The third-order valence-electron chi connectivity index (χ3n) is 6.14. The Morgan fingerprint density at radius 2 is 1.84 bits per heavy atom. The van der Waals surface area contributed by atoms with Crippen molar-refractivity contribution in [3.8, 4) is 5.75 Å². The number of rotatable bonds is 5. The maximum absolute atomic E-state index is 13.4. The molecule has 166 valence electrons. The Morgan fingerprint density at radius 3 is 2.42 bits per heavy atom. The first-order valence-electron chi connectivity index (χ1n) is 10.7. The summed E-state index contributed by atoms with van der Waals surface area (Å²) in [7, 11) is 0. The summed E-state index contributed by atoms with van der Waals surface area (Å²) in [6, 6.07) is 12.0. The van der Waals surface area contributed by atoms with Crippen LogP contribution in [0.1, 0.15) is 56.0 Å². The van der Waals surface area contributed by atoms with Gasteiger partial charge >= 0.3 is 0 Å². The summed E-state index contributed by atoms with van der Waals surface area (Å²) in [5.41, 5.74) is 1.20. The Balaban J connectivity index is 1.72. The number of carbonyl (C=O) groups excluding carboxylic acids is 2. The minimum atomic E-state index is -0.659. The van der Waals surface area contributed by atoms with E-state index in [0.29, 0.717) is 18.7 Å². The monoisotopic (exact) mass is 426 g/mol. The first kappa shape index (κ1) is 22.8. The fourth-order valence-corrected chi connectivity index (χ4v) is 4.44. The summed E-state index contributed by atoms with van der Waals surface area (Å²) < 4.78 is 13.3. The van der Waals surface area contributed by atoms with Crippen molar-refractivity contribution in [3.63, 3.8) is 0 Å². The molecule has 1 saturated heterocycles. The molecule has 0 saturated carbocycles. The van der Waals surface area contributed by atoms with E-state index in [1.165, 1.54) is 24.3 Å². The van der Waals surface area contributed by atoms with E-state index in [2.05, 4.69) is 19.2 Å². The first-order valence-corrected chi connectivity index (χ1v) is 10.7. The van der Waals surface area contributed by atoms with Gasteiger partial charge in [0.2, 0.25) is 5.91 Å². The number of carbonyl (C=O) groups is 2. The van der Waals surface area contributed by atoms with Crippen molar-refractivity contribution in [2.75, 3.05) is 13.1 Å². The Morgan fingerprint density at radius 1 is 1.16 bits per heavy atom. The zero-order valence-corrected chi connectivity index (χ0v) is 18.6. The van der Waals surface area contributed by atoms with Gasteiger partial charge < -0.3 is 15.3 Å². The van der Waals surface area contributed by atoms with Gasteiger partial charge in [-0.2, -0.15) is 0 Å². The molecular weight excluding hydrogens is 395 g/mol. The lowest BCUT2D eigenvalue weighted by molar-refractivity contribution is -0.137. The molecule has 6 heteroatoms. The van der Waals surface area contributed by atoms with Gasteiger partial charge in [0.05, 0.1) is 0 Å². The van der Waals surface area contributed by atoms with Crippen molar-refractivity contribution < 1.29 is 19.1 Å². The van der Waals surface area contributed by atoms with Crippen molar-refractivity contribution in [1.82, 2.24) is 10.2 Å². The van der Waals surface area contributed by atoms with Gasteiger partial charge in [0, 0.05) is 18.7 Å². The predicted molar refractivity (Wildman–Crippen MR) is 118 cm³/mol. The lowest BCUT2D eigenvalue weighted by atomic mass is 9.70. The molecule has 2 atom stereocenters. The molecule has 2 N–H and O–H groups in total. The molecule has 0 spiro atoms. The molecule has 0 radical (unpaired) electrons. The van der Waals surface area contributed by atoms with E-state index in [1.807, 2.05) is 30.9 Å². The van der Waals surface area contributed by atoms with Crippen LogP contribution in [-0.4, -0.2) is 41.0 Å². The highest BCUT2D eigenvalue weighted by Gasteiger charge is 2.40. The number of hydrogen-bond acceptors (Lipinski definition) is 3. The molecule has 3 rings (SSSR count). The summed E-state index contributed by atoms with van der Waals surface area (Å²) in [5, 5.41) is 12.5. The van der Waals surface area contributed by atoms with E-state index in [0.717, 1.165) is 12.0 Å². The number of nitrogens with one attached hydrogen (secondary N) is 1. The molecule has 1 heterocycles. The molecular formula is C25H31FN2O3. The second-order valence-corrected chi connectivity index (χ2v) is 9.39. The van der Waals surface area contributed by atoms with Crippen molar-refractivity contribution in [3.05, 3.63) is 65.5 Å². The van der Waals surface area contributed by atoms with Gasteiger partial charge in [-0.1, -0.05) is 45.9 Å². The van der Waals surface area contributed by atoms with Crippen molar-refractivity contribution in [1.29, 1.82) is 0 Å². The summed E-state index contributed by atoms with van der Waals surface area (Å²) >= 11 is 0. The number of aromatic hydroxyl groups is 1. The van der Waals surface area contributed by atoms with E-state index in [1.54, 1.807) is 12.1 Å². The molecule has 1 fully saturated rings. The second-order valence-electron chi connectivity index (χ2n) is 9.39. The number of amides is 2. The van der Waals surface area contributed by atoms with Crippen LogP contribution in [0.3, 0.4) is 0 Å². The maximum Gasteiger partial charge on any atom is 0.252 e. The van der Waals surface area contributed by atoms with Crippen LogP contribution in [0.5, 0.6) is 5.75 Å². The highest BCUT2D eigenvalue weighted by molar-refractivity contribution is 5.98. The molecule has 31 heavy (non-hydrogen) atoms. The van der Waals surface area contributed by atoms with Crippen LogP contribution in [0.2, 0.25) is 0 Å². The van der Waals surface area contributed by atoms with E-state index in [-0.39, 0.29) is 40.6 Å². The Bertz CT molecular complexity index is 940. The lowest BCUT2D eigenvalue weighted by Gasteiger charge is -2.45. The molecule has 1 aliphatic rings. The molecule has 0 aromatic heterocycles. The van der Waals surface area contributed by atoms with Gasteiger partial charge in [0.1, 0.15) is 17.6 Å². The van der Waals surface area contributed by atoms with Crippen molar-refractivity contribution in [2.24, 2.45) is 11.3 Å². The summed E-state index contributed by atoms with van der Waals surface area (Å²) in [4.78, 5) is 27.9. The zero-order valence-electron chi connectivity index (χ0n) is 18.6. The predicted octanol–water partition coefficient (Wildman–Crippen LogP) is 4.33. The first-order chi connectivity index (χ1) is 14.6. The standard InChI is InChI=1S/C25H31FN2O3/c1-16(2)22(27-23(30)18-6-5-7-20(29)14-18)24(31)28-13-12-21(25(3,4)15-28)17-8-10-19(26)11-9-17/h5-11,14,16,21-22,29H,12-13,15H2,1-4H3,(H,27,30)/t21?,22-/m1/s1. The van der Waals surface area contributed by atoms with Gasteiger partial charge in [-0.05, 0) is 59.6 Å². The molecule has 0 aliphatic carbocycles. The van der Waals surface area contributed by atoms with Crippen LogP contribution in [0, 0.1) is 17.2 Å². The van der Waals surface area contributed by atoms with Gasteiger partial charge in [-0.25, -0.2) is 4.39 Å². The largest absolute Gasteiger partial charge is 0.508 e. The quantitative estimate of drug-likeness (QED) is 0.748. The minimum absolute atomic E-state index is 0.00434. The van der Waals surface area contributed by atoms with Gasteiger partial charge in [-0.15, -0.1) is 0 Å². The topological polar surface area (TPSA) is 69.6 Å². The molecule has 2 aromatic carbocycles. The smallest absolute Gasteiger partial charge is 0.252 e. The normalized spacial score (nSPS) is 19.2. The number of phenols is 1. The third kappa shape index (κ3) is 5.24. The molecule has 5 nitrogen and oxygen atoms in total. The Labute approximate surface area is 183 Å². The fourth-order valence-electron chi connectivity index (χ4n) is 4.44. The minimum Gasteiger partial charge on any atom is -0.508 e. The van der Waals surface area contributed by atoms with Gasteiger partial charge in [-0.3, -0.25) is 9.59 Å². The second kappa shape index (κ2) is 9.08. The van der Waals surface area contributed by atoms with Crippen LogP contribution < -0.4 is 5.32 Å². The molecule has 2 amide bonds. The average Bonchev–Trinajstić information content (AvgIpc) is 2.71. The SMILES string of the molecule is CC(C)[C@@H](NC(=O)c1cccc(O)c1)C(=O)N1CCC(c2ccc(F)cc2)C(C)(C)C1. The van der Waals surface area contributed by atoms with Crippen LogP contribution in [0.4, 0.5) is 4.39 Å². The van der Waals surface area contributed by atoms with Crippen LogP contribution >= 0.6 is 0 Å². The number of hydrogen-bond donors (Lipinski definition) is 2. The van der Waals surface area contributed by atoms with Crippen LogP contribution in [0.25, 0.3) is 0 Å². The number of nitrogens with zero attached hydrogens (tertiary/aromatic N) is 1. The number of phenolic OH excluding ortho intramolecular Hbond substituents is 1. The highest BCUT2D eigenvalue weighted by atomic mass is 19.1. The van der Waals surface area contributed by atoms with Crippen LogP contribution in [0.15, 0.2) is 48.5 Å². The van der Waals surface area contributed by atoms with Crippen molar-refractivity contribution in [2.45, 2.75) is 46.1 Å². The van der Waals surface area contributed by atoms with E-state index >= 15 is 0 Å². The Hall–Kier alpha value is -2.89. The molecule has 0 bridgehead atoms. The molecule has 2 aromatic rings. The van der Waals surface area contributed by atoms with E-state index in [4.69, 9.17) is 0 Å². The number of likely N-dealkylation sites (tertiary alicyclic amines) is 1. The number of piperidine rings is 1. The molecule has 1 aliphatic heterocycles. The van der Waals surface area contributed by atoms with Gasteiger partial charge in [0.15, 0.2) is 0 Å². The van der Waals surface area contributed by atoms with E-state index in [9.17, 15) is 19.1 Å². The van der Waals surface area contributed by atoms with Gasteiger partial charge in [0.25, 0.3) is 5.91 Å². The maximum atomic E-state index is 13.4. The average molecular weight is 427 g/mol. The third-order valence-corrected chi connectivity index (χ3v) is 6.14. The summed E-state index contributed by atoms with van der Waals surface area (Å²) in [5.74, 6) is -0.609. The Kier molecular flexibility index (Phi) is 6.68. The number of benzene rings is 2. The lowest BCUT2D eigenvalue weighted by Crippen LogP contribution is -2.55. The summed E-state index contributed by atoms with van der Waals surface area (Å²) in [6.45, 7) is 9.18. The van der Waals surface area contributed by atoms with Crippen molar-refractivity contribution >= 4 is 11.8 Å². The number of halogens is 1. The van der Waals surface area contributed by atoms with Crippen LogP contribution in [-0.2, 0) is 4.79 Å². The summed E-state index contributed by atoms with van der Waals surface area (Å²) in [6.07, 6.45) is 0.774. The zero-order chi connectivity index (χ0) is 22.8. The highest BCUT2D eigenvalue weighted by Crippen LogP contribution is 2.42. The van der Waals surface area contributed by atoms with E-state index < -0.39 is 6.04 Å². The fraction of sp³-hybridized carbons (Fsp3) is 0.440.